The van der Waals surface area contributed by atoms with Crippen molar-refractivity contribution >= 4 is 16.8 Å². The van der Waals surface area contributed by atoms with E-state index < -0.39 is 0 Å². The molecular formula is C25H23FN4O. The Labute approximate surface area is 180 Å². The third-order valence-electron chi connectivity index (χ3n) is 6.02. The fraction of sp³-hybridized carbons (Fsp3) is 0.240. The number of piperidine rings is 1. The third-order valence-corrected chi connectivity index (χ3v) is 6.02. The number of rotatable bonds is 4. The molecule has 1 amide bonds. The Kier molecular flexibility index (Phi) is 5.20. The van der Waals surface area contributed by atoms with Gasteiger partial charge in [0.25, 0.3) is 0 Å². The molecule has 0 saturated carbocycles. The van der Waals surface area contributed by atoms with E-state index in [0.29, 0.717) is 13.0 Å². The Morgan fingerprint density at radius 3 is 2.77 bits per heavy atom. The van der Waals surface area contributed by atoms with Gasteiger partial charge in [-0.25, -0.2) is 4.39 Å². The van der Waals surface area contributed by atoms with Crippen LogP contribution in [0.3, 0.4) is 0 Å². The second kappa shape index (κ2) is 8.30. The SMILES string of the molecule is O=C(Cc1c[nH]c2ccccc12)N1CCCC(c2nccnc2-c2ccc(F)cc2)C1. The number of carbonyl (C=O) groups excluding carboxylic acids is 1. The van der Waals surface area contributed by atoms with Crippen molar-refractivity contribution in [2.24, 2.45) is 0 Å². The minimum Gasteiger partial charge on any atom is -0.361 e. The number of hydrogen-bond donors (Lipinski definition) is 1. The van der Waals surface area contributed by atoms with Gasteiger partial charge in [-0.1, -0.05) is 18.2 Å². The lowest BCUT2D eigenvalue weighted by Crippen LogP contribution is -2.40. The van der Waals surface area contributed by atoms with Gasteiger partial charge < -0.3 is 9.88 Å². The van der Waals surface area contributed by atoms with Gasteiger partial charge in [0, 0.05) is 54.1 Å². The van der Waals surface area contributed by atoms with Crippen LogP contribution in [-0.2, 0) is 11.2 Å². The topological polar surface area (TPSA) is 61.9 Å². The zero-order valence-electron chi connectivity index (χ0n) is 17.1. The number of fused-ring (bicyclic) bond motifs is 1. The van der Waals surface area contributed by atoms with Crippen molar-refractivity contribution in [1.82, 2.24) is 19.9 Å². The van der Waals surface area contributed by atoms with Crippen molar-refractivity contribution in [3.05, 3.63) is 84.2 Å². The van der Waals surface area contributed by atoms with Crippen molar-refractivity contribution in [3.8, 4) is 11.3 Å². The summed E-state index contributed by atoms with van der Waals surface area (Å²) in [4.78, 5) is 27.4. The highest BCUT2D eigenvalue weighted by Gasteiger charge is 2.28. The minimum absolute atomic E-state index is 0.106. The summed E-state index contributed by atoms with van der Waals surface area (Å²) in [5.74, 6) is -0.0444. The number of para-hydroxylation sites is 1. The lowest BCUT2D eigenvalue weighted by Gasteiger charge is -2.33. The minimum atomic E-state index is -0.277. The molecule has 31 heavy (non-hydrogen) atoms. The number of halogens is 1. The fourth-order valence-corrected chi connectivity index (χ4v) is 4.46. The summed E-state index contributed by atoms with van der Waals surface area (Å²) in [6.45, 7) is 1.37. The van der Waals surface area contributed by atoms with Gasteiger partial charge >= 0.3 is 0 Å². The van der Waals surface area contributed by atoms with Crippen LogP contribution in [-0.4, -0.2) is 38.8 Å². The maximum Gasteiger partial charge on any atom is 0.227 e. The number of amides is 1. The molecule has 1 aliphatic heterocycles. The summed E-state index contributed by atoms with van der Waals surface area (Å²) in [6.07, 6.45) is 7.52. The average Bonchev–Trinajstić information content (AvgIpc) is 3.22. The molecule has 1 fully saturated rings. The van der Waals surface area contributed by atoms with E-state index in [4.69, 9.17) is 0 Å². The first kappa shape index (κ1) is 19.4. The van der Waals surface area contributed by atoms with Gasteiger partial charge in [-0.15, -0.1) is 0 Å². The van der Waals surface area contributed by atoms with Gasteiger partial charge in [0.05, 0.1) is 17.8 Å². The number of carbonyl (C=O) groups is 1. The van der Waals surface area contributed by atoms with Crippen molar-refractivity contribution in [1.29, 1.82) is 0 Å². The third kappa shape index (κ3) is 3.93. The Hall–Kier alpha value is -3.54. The van der Waals surface area contributed by atoms with Gasteiger partial charge in [0.1, 0.15) is 5.82 Å². The highest BCUT2D eigenvalue weighted by molar-refractivity contribution is 5.89. The zero-order valence-corrected chi connectivity index (χ0v) is 17.1. The molecule has 2 aromatic carbocycles. The van der Waals surface area contributed by atoms with Crippen molar-refractivity contribution in [2.75, 3.05) is 13.1 Å². The van der Waals surface area contributed by atoms with E-state index in [0.717, 1.165) is 52.8 Å². The summed E-state index contributed by atoms with van der Waals surface area (Å²) in [6, 6.07) is 14.4. The Balaban J connectivity index is 1.36. The summed E-state index contributed by atoms with van der Waals surface area (Å²) >= 11 is 0. The molecule has 0 aliphatic carbocycles. The summed E-state index contributed by atoms with van der Waals surface area (Å²) in [5.41, 5.74) is 4.54. The number of nitrogens with zero attached hydrogens (tertiary/aromatic N) is 3. The van der Waals surface area contributed by atoms with Crippen LogP contribution in [0, 0.1) is 5.82 Å². The van der Waals surface area contributed by atoms with E-state index in [1.807, 2.05) is 35.4 Å². The van der Waals surface area contributed by atoms with Crippen LogP contribution >= 0.6 is 0 Å². The van der Waals surface area contributed by atoms with Crippen LogP contribution in [0.5, 0.6) is 0 Å². The molecule has 6 heteroatoms. The molecule has 156 valence electrons. The number of hydrogen-bond acceptors (Lipinski definition) is 3. The molecular weight excluding hydrogens is 391 g/mol. The van der Waals surface area contributed by atoms with E-state index in [9.17, 15) is 9.18 Å². The number of aromatic nitrogens is 3. The number of H-pyrrole nitrogens is 1. The predicted molar refractivity (Wildman–Crippen MR) is 118 cm³/mol. The lowest BCUT2D eigenvalue weighted by molar-refractivity contribution is -0.131. The molecule has 0 bridgehead atoms. The summed E-state index contributed by atoms with van der Waals surface area (Å²) in [7, 11) is 0. The largest absolute Gasteiger partial charge is 0.361 e. The van der Waals surface area contributed by atoms with Crippen LogP contribution in [0.15, 0.2) is 67.1 Å². The number of aromatic amines is 1. The molecule has 1 atom stereocenters. The number of benzene rings is 2. The highest BCUT2D eigenvalue weighted by Crippen LogP contribution is 2.32. The number of nitrogens with one attached hydrogen (secondary N) is 1. The molecule has 1 unspecified atom stereocenters. The standard InChI is InChI=1S/C25H23FN4O/c26-20-9-7-17(8-10-20)24-25(28-12-11-27-24)18-4-3-13-30(16-18)23(31)14-19-15-29-22-6-2-1-5-21(19)22/h1-2,5-12,15,18,29H,3-4,13-14,16H2. The lowest BCUT2D eigenvalue weighted by atomic mass is 9.91. The van der Waals surface area contributed by atoms with E-state index in [1.165, 1.54) is 12.1 Å². The maximum absolute atomic E-state index is 13.4. The fourth-order valence-electron chi connectivity index (χ4n) is 4.46. The molecule has 0 spiro atoms. The first-order valence-electron chi connectivity index (χ1n) is 10.6. The smallest absolute Gasteiger partial charge is 0.227 e. The first-order chi connectivity index (χ1) is 15.2. The van der Waals surface area contributed by atoms with Crippen LogP contribution in [0.4, 0.5) is 4.39 Å². The second-order valence-corrected chi connectivity index (χ2v) is 8.01. The zero-order chi connectivity index (χ0) is 21.2. The summed E-state index contributed by atoms with van der Waals surface area (Å²) < 4.78 is 13.4. The van der Waals surface area contributed by atoms with Crippen LogP contribution < -0.4 is 0 Å². The highest BCUT2D eigenvalue weighted by atomic mass is 19.1. The van der Waals surface area contributed by atoms with Gasteiger partial charge in [-0.05, 0) is 48.7 Å². The molecule has 1 aliphatic rings. The van der Waals surface area contributed by atoms with Crippen LogP contribution in [0.25, 0.3) is 22.2 Å². The Morgan fingerprint density at radius 2 is 1.90 bits per heavy atom. The first-order valence-corrected chi connectivity index (χ1v) is 10.6. The molecule has 5 nitrogen and oxygen atoms in total. The Morgan fingerprint density at radius 1 is 1.10 bits per heavy atom. The van der Waals surface area contributed by atoms with Gasteiger partial charge in [0.2, 0.25) is 5.91 Å². The van der Waals surface area contributed by atoms with E-state index in [-0.39, 0.29) is 17.6 Å². The monoisotopic (exact) mass is 414 g/mol. The predicted octanol–water partition coefficient (Wildman–Crippen LogP) is 4.71. The Bertz CT molecular complexity index is 1220. The quantitative estimate of drug-likeness (QED) is 0.526. The molecule has 4 aromatic rings. The van der Waals surface area contributed by atoms with Crippen molar-refractivity contribution < 1.29 is 9.18 Å². The van der Waals surface area contributed by atoms with E-state index >= 15 is 0 Å². The van der Waals surface area contributed by atoms with Crippen LogP contribution in [0.1, 0.15) is 30.0 Å². The van der Waals surface area contributed by atoms with E-state index in [1.54, 1.807) is 24.5 Å². The van der Waals surface area contributed by atoms with Crippen molar-refractivity contribution in [3.63, 3.8) is 0 Å². The van der Waals surface area contributed by atoms with Crippen molar-refractivity contribution in [2.45, 2.75) is 25.2 Å². The second-order valence-electron chi connectivity index (χ2n) is 8.01. The van der Waals surface area contributed by atoms with Gasteiger partial charge in [0.15, 0.2) is 0 Å². The molecule has 3 heterocycles. The van der Waals surface area contributed by atoms with Gasteiger partial charge in [-0.3, -0.25) is 14.8 Å². The molecule has 1 saturated heterocycles. The number of likely N-dealkylation sites (tertiary alicyclic amines) is 1. The summed E-state index contributed by atoms with van der Waals surface area (Å²) in [5, 5.41) is 1.09. The van der Waals surface area contributed by atoms with Crippen LogP contribution in [0.2, 0.25) is 0 Å². The molecule has 5 rings (SSSR count). The normalized spacial score (nSPS) is 16.5. The van der Waals surface area contributed by atoms with Gasteiger partial charge in [-0.2, -0.15) is 0 Å². The molecule has 2 aromatic heterocycles. The average molecular weight is 414 g/mol. The molecule has 1 N–H and O–H groups in total. The maximum atomic E-state index is 13.4. The van der Waals surface area contributed by atoms with E-state index in [2.05, 4.69) is 15.0 Å². The molecule has 0 radical (unpaired) electrons.